The second-order valence-corrected chi connectivity index (χ2v) is 4.49. The normalized spacial score (nSPS) is 18.9. The highest BCUT2D eigenvalue weighted by Crippen LogP contribution is 2.31. The van der Waals surface area contributed by atoms with Crippen LogP contribution in [-0.4, -0.2) is 40.1 Å². The molecular formula is C11H11NO4S. The number of phenolic OH excluding ortho intramolecular Hbond substituents is 1. The first kappa shape index (κ1) is 11.8. The average Bonchev–Trinajstić information content (AvgIpc) is 2.78. The standard InChI is InChI=1S/C11H11NO4S/c1-16-6-2-3-7(9(13)4-6)10-12-8(5-17-10)11(14)15/h2-4,8,13H,5H2,1H3,(H,14,15)/t8-/m1/s1. The fraction of sp³-hybridized carbons (Fsp3) is 0.273. The van der Waals surface area contributed by atoms with Crippen molar-refractivity contribution in [1.82, 2.24) is 0 Å². The summed E-state index contributed by atoms with van der Waals surface area (Å²) in [7, 11) is 1.51. The summed E-state index contributed by atoms with van der Waals surface area (Å²) in [6, 6.07) is 4.12. The van der Waals surface area contributed by atoms with E-state index in [1.165, 1.54) is 24.9 Å². The lowest BCUT2D eigenvalue weighted by atomic mass is 10.2. The molecule has 0 spiro atoms. The number of methoxy groups -OCH3 is 1. The van der Waals surface area contributed by atoms with Crippen molar-refractivity contribution >= 4 is 22.8 Å². The molecule has 0 fully saturated rings. The largest absolute Gasteiger partial charge is 0.507 e. The van der Waals surface area contributed by atoms with E-state index >= 15 is 0 Å². The molecule has 5 nitrogen and oxygen atoms in total. The van der Waals surface area contributed by atoms with Crippen molar-refractivity contribution in [2.75, 3.05) is 12.9 Å². The van der Waals surface area contributed by atoms with Gasteiger partial charge in [-0.1, -0.05) is 0 Å². The van der Waals surface area contributed by atoms with Gasteiger partial charge in [0.15, 0.2) is 6.04 Å². The molecule has 1 aliphatic heterocycles. The highest BCUT2D eigenvalue weighted by molar-refractivity contribution is 8.14. The van der Waals surface area contributed by atoms with Crippen LogP contribution in [0.3, 0.4) is 0 Å². The van der Waals surface area contributed by atoms with E-state index in [0.717, 1.165) is 0 Å². The number of carboxylic acids is 1. The Labute approximate surface area is 102 Å². The summed E-state index contributed by atoms with van der Waals surface area (Å²) in [6.07, 6.45) is 0. The predicted molar refractivity (Wildman–Crippen MR) is 65.1 cm³/mol. The van der Waals surface area contributed by atoms with Gasteiger partial charge in [-0.05, 0) is 12.1 Å². The molecule has 0 unspecified atom stereocenters. The summed E-state index contributed by atoms with van der Waals surface area (Å²) in [5, 5.41) is 19.2. The van der Waals surface area contributed by atoms with Gasteiger partial charge in [0, 0.05) is 17.4 Å². The maximum atomic E-state index is 10.8. The Morgan fingerprint density at radius 2 is 2.35 bits per heavy atom. The van der Waals surface area contributed by atoms with Crippen LogP contribution in [0.4, 0.5) is 0 Å². The number of rotatable bonds is 3. The number of hydrogen-bond donors (Lipinski definition) is 2. The van der Waals surface area contributed by atoms with Gasteiger partial charge in [0.1, 0.15) is 16.5 Å². The van der Waals surface area contributed by atoms with E-state index in [0.29, 0.717) is 22.1 Å². The first-order chi connectivity index (χ1) is 8.11. The number of ether oxygens (including phenoxy) is 1. The van der Waals surface area contributed by atoms with Crippen molar-refractivity contribution in [2.45, 2.75) is 6.04 Å². The fourth-order valence-corrected chi connectivity index (χ4v) is 2.53. The molecular weight excluding hydrogens is 242 g/mol. The number of hydrogen-bond acceptors (Lipinski definition) is 5. The van der Waals surface area contributed by atoms with E-state index in [-0.39, 0.29) is 5.75 Å². The summed E-state index contributed by atoms with van der Waals surface area (Å²) < 4.78 is 4.97. The number of benzene rings is 1. The van der Waals surface area contributed by atoms with Crippen LogP contribution in [0.15, 0.2) is 23.2 Å². The maximum Gasteiger partial charge on any atom is 0.329 e. The van der Waals surface area contributed by atoms with E-state index in [1.54, 1.807) is 12.1 Å². The molecule has 6 heteroatoms. The summed E-state index contributed by atoms with van der Waals surface area (Å²) in [5.74, 6) is 0.0441. The molecule has 1 aromatic carbocycles. The molecule has 0 saturated carbocycles. The topological polar surface area (TPSA) is 79.1 Å². The average molecular weight is 253 g/mol. The fourth-order valence-electron chi connectivity index (χ4n) is 1.47. The van der Waals surface area contributed by atoms with Crippen molar-refractivity contribution in [3.8, 4) is 11.5 Å². The third kappa shape index (κ3) is 2.36. The van der Waals surface area contributed by atoms with Gasteiger partial charge in [-0.3, -0.25) is 4.99 Å². The van der Waals surface area contributed by atoms with Crippen LogP contribution < -0.4 is 4.74 Å². The first-order valence-electron chi connectivity index (χ1n) is 4.92. The Kier molecular flexibility index (Phi) is 3.23. The summed E-state index contributed by atoms with van der Waals surface area (Å²) in [6.45, 7) is 0. The Bertz CT molecular complexity index is 486. The number of aromatic hydroxyl groups is 1. The van der Waals surface area contributed by atoms with Gasteiger partial charge in [0.2, 0.25) is 0 Å². The van der Waals surface area contributed by atoms with Crippen LogP contribution in [0.25, 0.3) is 0 Å². The van der Waals surface area contributed by atoms with E-state index < -0.39 is 12.0 Å². The maximum absolute atomic E-state index is 10.8. The van der Waals surface area contributed by atoms with E-state index in [9.17, 15) is 9.90 Å². The quantitative estimate of drug-likeness (QED) is 0.850. The van der Waals surface area contributed by atoms with E-state index in [2.05, 4.69) is 4.99 Å². The van der Waals surface area contributed by atoms with Gasteiger partial charge in [-0.2, -0.15) is 0 Å². The Balaban J connectivity index is 2.30. The van der Waals surface area contributed by atoms with Gasteiger partial charge in [0.05, 0.1) is 7.11 Å². The molecule has 90 valence electrons. The van der Waals surface area contributed by atoms with Gasteiger partial charge in [0.25, 0.3) is 0 Å². The Morgan fingerprint density at radius 3 is 2.88 bits per heavy atom. The molecule has 0 amide bonds. The van der Waals surface area contributed by atoms with Crippen LogP contribution >= 0.6 is 11.8 Å². The minimum absolute atomic E-state index is 0.0432. The van der Waals surface area contributed by atoms with Gasteiger partial charge in [-0.15, -0.1) is 11.8 Å². The molecule has 1 aliphatic rings. The van der Waals surface area contributed by atoms with Gasteiger partial charge in [-0.25, -0.2) is 4.79 Å². The molecule has 1 atom stereocenters. The van der Waals surface area contributed by atoms with Crippen molar-refractivity contribution in [2.24, 2.45) is 4.99 Å². The first-order valence-corrected chi connectivity index (χ1v) is 5.91. The molecule has 2 rings (SSSR count). The number of phenols is 1. The summed E-state index contributed by atoms with van der Waals surface area (Å²) in [4.78, 5) is 14.8. The molecule has 0 radical (unpaired) electrons. The number of carbonyl (C=O) groups is 1. The lowest BCUT2D eigenvalue weighted by Crippen LogP contribution is -2.17. The number of aliphatic imine (C=N–C) groups is 1. The Morgan fingerprint density at radius 1 is 1.59 bits per heavy atom. The van der Waals surface area contributed by atoms with Crippen molar-refractivity contribution in [3.63, 3.8) is 0 Å². The third-order valence-corrected chi connectivity index (χ3v) is 3.45. The van der Waals surface area contributed by atoms with Crippen LogP contribution in [0, 0.1) is 0 Å². The molecule has 0 saturated heterocycles. The number of nitrogens with zero attached hydrogens (tertiary/aromatic N) is 1. The highest BCUT2D eigenvalue weighted by Gasteiger charge is 2.26. The monoisotopic (exact) mass is 253 g/mol. The lowest BCUT2D eigenvalue weighted by Gasteiger charge is -2.05. The summed E-state index contributed by atoms with van der Waals surface area (Å²) >= 11 is 1.33. The second-order valence-electron chi connectivity index (χ2n) is 3.48. The lowest BCUT2D eigenvalue weighted by molar-refractivity contribution is -0.137. The number of carboxylic acid groups (broad SMARTS) is 1. The molecule has 0 aromatic heterocycles. The molecule has 1 heterocycles. The predicted octanol–water partition coefficient (Wildman–Crippen LogP) is 1.35. The zero-order valence-electron chi connectivity index (χ0n) is 9.08. The van der Waals surface area contributed by atoms with Gasteiger partial charge >= 0.3 is 5.97 Å². The minimum Gasteiger partial charge on any atom is -0.507 e. The minimum atomic E-state index is -0.944. The summed E-state index contributed by atoms with van der Waals surface area (Å²) in [5.41, 5.74) is 0.541. The number of thioether (sulfide) groups is 1. The zero-order valence-corrected chi connectivity index (χ0v) is 9.90. The van der Waals surface area contributed by atoms with E-state index in [1.807, 2.05) is 0 Å². The molecule has 0 aliphatic carbocycles. The SMILES string of the molecule is COc1ccc(C2=N[C@@H](C(=O)O)CS2)c(O)c1. The van der Waals surface area contributed by atoms with Crippen LogP contribution in [0.5, 0.6) is 11.5 Å². The van der Waals surface area contributed by atoms with Crippen molar-refractivity contribution < 1.29 is 19.7 Å². The third-order valence-electron chi connectivity index (χ3n) is 2.37. The van der Waals surface area contributed by atoms with Crippen LogP contribution in [0.2, 0.25) is 0 Å². The molecule has 17 heavy (non-hydrogen) atoms. The molecule has 2 N–H and O–H groups in total. The molecule has 0 bridgehead atoms. The Hall–Kier alpha value is -1.69. The van der Waals surface area contributed by atoms with Gasteiger partial charge < -0.3 is 14.9 Å². The smallest absolute Gasteiger partial charge is 0.329 e. The van der Waals surface area contributed by atoms with Crippen LogP contribution in [0.1, 0.15) is 5.56 Å². The van der Waals surface area contributed by atoms with Crippen molar-refractivity contribution in [3.05, 3.63) is 23.8 Å². The van der Waals surface area contributed by atoms with Crippen LogP contribution in [-0.2, 0) is 4.79 Å². The van der Waals surface area contributed by atoms with Crippen molar-refractivity contribution in [1.29, 1.82) is 0 Å². The number of aliphatic carboxylic acids is 1. The molecule has 1 aromatic rings. The van der Waals surface area contributed by atoms with E-state index in [4.69, 9.17) is 9.84 Å². The highest BCUT2D eigenvalue weighted by atomic mass is 32.2. The zero-order chi connectivity index (χ0) is 12.4. The second kappa shape index (κ2) is 4.67.